The van der Waals surface area contributed by atoms with Gasteiger partial charge in [0.05, 0.1) is 19.3 Å². The van der Waals surface area contributed by atoms with Crippen LogP contribution in [-0.2, 0) is 0 Å². The molecule has 14 heavy (non-hydrogen) atoms. The minimum absolute atomic E-state index is 0.112. The SMILES string of the molecule is [O-][n+]1c(Cl)cncc1N1CCNCC1. The molecule has 1 N–H and O–H groups in total. The third-order valence-electron chi connectivity index (χ3n) is 2.21. The van der Waals surface area contributed by atoms with Crippen molar-refractivity contribution in [1.82, 2.24) is 10.3 Å². The lowest BCUT2D eigenvalue weighted by molar-refractivity contribution is -0.590. The molecule has 0 bridgehead atoms. The van der Waals surface area contributed by atoms with E-state index in [1.807, 2.05) is 4.90 Å². The average Bonchev–Trinajstić information content (AvgIpc) is 2.23. The highest BCUT2D eigenvalue weighted by atomic mass is 35.5. The molecular formula is C8H11ClN4O. The Morgan fingerprint density at radius 2 is 2.14 bits per heavy atom. The number of hydrogen-bond acceptors (Lipinski definition) is 4. The van der Waals surface area contributed by atoms with E-state index in [0.717, 1.165) is 26.2 Å². The molecule has 0 atom stereocenters. The number of anilines is 1. The first kappa shape index (κ1) is 9.48. The predicted octanol–water partition coefficient (Wildman–Crippen LogP) is -0.222. The van der Waals surface area contributed by atoms with Crippen molar-refractivity contribution >= 4 is 17.4 Å². The molecule has 1 fully saturated rings. The molecule has 1 aromatic rings. The highest BCUT2D eigenvalue weighted by Crippen LogP contribution is 2.10. The minimum Gasteiger partial charge on any atom is -0.709 e. The Morgan fingerprint density at radius 1 is 1.43 bits per heavy atom. The van der Waals surface area contributed by atoms with Gasteiger partial charge in [-0.05, 0) is 11.6 Å². The van der Waals surface area contributed by atoms with Crippen LogP contribution in [0, 0.1) is 5.21 Å². The van der Waals surface area contributed by atoms with Gasteiger partial charge in [-0.3, -0.25) is 9.88 Å². The van der Waals surface area contributed by atoms with Gasteiger partial charge < -0.3 is 10.5 Å². The smallest absolute Gasteiger partial charge is 0.299 e. The highest BCUT2D eigenvalue weighted by Gasteiger charge is 2.20. The van der Waals surface area contributed by atoms with Gasteiger partial charge in [-0.25, -0.2) is 4.73 Å². The molecule has 1 aliphatic heterocycles. The first-order valence-electron chi connectivity index (χ1n) is 4.48. The lowest BCUT2D eigenvalue weighted by atomic mass is 10.3. The van der Waals surface area contributed by atoms with E-state index in [-0.39, 0.29) is 5.15 Å². The van der Waals surface area contributed by atoms with Gasteiger partial charge in [0.25, 0.3) is 5.82 Å². The second-order valence-corrected chi connectivity index (χ2v) is 3.51. The summed E-state index contributed by atoms with van der Waals surface area (Å²) in [5, 5.41) is 14.9. The van der Waals surface area contributed by atoms with E-state index >= 15 is 0 Å². The number of aromatic nitrogens is 2. The maximum Gasteiger partial charge on any atom is 0.299 e. The first-order chi connectivity index (χ1) is 6.79. The molecule has 0 unspecified atom stereocenters. The van der Waals surface area contributed by atoms with Gasteiger partial charge in [-0.1, -0.05) is 0 Å². The molecule has 0 spiro atoms. The summed E-state index contributed by atoms with van der Waals surface area (Å²) in [5.74, 6) is 0.527. The van der Waals surface area contributed by atoms with Gasteiger partial charge in [0, 0.05) is 13.1 Å². The number of nitrogens with one attached hydrogen (secondary N) is 1. The molecule has 0 aliphatic carbocycles. The summed E-state index contributed by atoms with van der Waals surface area (Å²) in [5.41, 5.74) is 0. The normalized spacial score (nSPS) is 17.1. The van der Waals surface area contributed by atoms with Crippen LogP contribution in [0.3, 0.4) is 0 Å². The summed E-state index contributed by atoms with van der Waals surface area (Å²) in [7, 11) is 0. The quantitative estimate of drug-likeness (QED) is 0.519. The van der Waals surface area contributed by atoms with Crippen LogP contribution >= 0.6 is 11.6 Å². The third-order valence-corrected chi connectivity index (χ3v) is 2.47. The number of piperazine rings is 1. The van der Waals surface area contributed by atoms with Crippen molar-refractivity contribution in [2.75, 3.05) is 31.1 Å². The number of hydrogen-bond donors (Lipinski definition) is 1. The number of rotatable bonds is 1. The summed E-state index contributed by atoms with van der Waals surface area (Å²) in [4.78, 5) is 5.88. The van der Waals surface area contributed by atoms with Crippen LogP contribution in [0.5, 0.6) is 0 Å². The molecule has 0 saturated carbocycles. The van der Waals surface area contributed by atoms with Crippen molar-refractivity contribution < 1.29 is 4.73 Å². The van der Waals surface area contributed by atoms with Crippen LogP contribution < -0.4 is 14.9 Å². The van der Waals surface area contributed by atoms with Crippen molar-refractivity contribution in [1.29, 1.82) is 0 Å². The van der Waals surface area contributed by atoms with Crippen LogP contribution in [0.4, 0.5) is 5.82 Å². The molecular weight excluding hydrogens is 204 g/mol. The standard InChI is InChI=1S/C8H11ClN4O/c9-7-5-11-6-8(13(7)14)12-3-1-10-2-4-12/h5-6,10H,1-4H2. The molecule has 6 heteroatoms. The monoisotopic (exact) mass is 214 g/mol. The van der Waals surface area contributed by atoms with Gasteiger partial charge >= 0.3 is 0 Å². The van der Waals surface area contributed by atoms with Crippen LogP contribution in [0.25, 0.3) is 0 Å². The van der Waals surface area contributed by atoms with E-state index in [1.54, 1.807) is 6.20 Å². The van der Waals surface area contributed by atoms with Crippen molar-refractivity contribution in [3.63, 3.8) is 0 Å². The zero-order valence-corrected chi connectivity index (χ0v) is 8.37. The van der Waals surface area contributed by atoms with Crippen LogP contribution in [0.15, 0.2) is 12.4 Å². The molecule has 76 valence electrons. The number of nitrogens with zero attached hydrogens (tertiary/aromatic N) is 3. The lowest BCUT2D eigenvalue weighted by Gasteiger charge is -2.24. The Bertz CT molecular complexity index is 327. The van der Waals surface area contributed by atoms with E-state index < -0.39 is 0 Å². The highest BCUT2D eigenvalue weighted by molar-refractivity contribution is 6.28. The van der Waals surface area contributed by atoms with Crippen molar-refractivity contribution in [3.8, 4) is 0 Å². The summed E-state index contributed by atoms with van der Waals surface area (Å²) in [6, 6.07) is 0. The molecule has 5 nitrogen and oxygen atoms in total. The molecule has 2 heterocycles. The van der Waals surface area contributed by atoms with E-state index in [1.165, 1.54) is 6.20 Å². The fourth-order valence-electron chi connectivity index (χ4n) is 1.48. The fourth-order valence-corrected chi connectivity index (χ4v) is 1.63. The Labute approximate surface area is 86.9 Å². The molecule has 1 aromatic heterocycles. The second kappa shape index (κ2) is 3.98. The van der Waals surface area contributed by atoms with Gasteiger partial charge in [0.2, 0.25) is 5.15 Å². The van der Waals surface area contributed by atoms with Gasteiger partial charge in [0.15, 0.2) is 0 Å². The van der Waals surface area contributed by atoms with E-state index in [9.17, 15) is 5.21 Å². The summed E-state index contributed by atoms with van der Waals surface area (Å²) in [6.07, 6.45) is 2.89. The fraction of sp³-hybridized carbons (Fsp3) is 0.500. The van der Waals surface area contributed by atoms with Gasteiger partial charge in [0.1, 0.15) is 6.20 Å². The first-order valence-corrected chi connectivity index (χ1v) is 4.85. The maximum atomic E-state index is 11.6. The minimum atomic E-state index is 0.112. The summed E-state index contributed by atoms with van der Waals surface area (Å²) >= 11 is 5.68. The maximum absolute atomic E-state index is 11.6. The molecule has 0 aromatic carbocycles. The van der Waals surface area contributed by atoms with Crippen molar-refractivity contribution in [2.24, 2.45) is 0 Å². The van der Waals surface area contributed by atoms with Crippen LogP contribution in [-0.4, -0.2) is 31.2 Å². The Balaban J connectivity index is 2.26. The summed E-state index contributed by atoms with van der Waals surface area (Å²) < 4.78 is 0.708. The Morgan fingerprint density at radius 3 is 2.86 bits per heavy atom. The van der Waals surface area contributed by atoms with Gasteiger partial charge in [-0.2, -0.15) is 0 Å². The molecule has 1 saturated heterocycles. The average molecular weight is 215 g/mol. The molecule has 2 rings (SSSR count). The van der Waals surface area contributed by atoms with Gasteiger partial charge in [-0.15, -0.1) is 0 Å². The molecule has 0 radical (unpaired) electrons. The van der Waals surface area contributed by atoms with Crippen molar-refractivity contribution in [3.05, 3.63) is 22.8 Å². The van der Waals surface area contributed by atoms with Crippen LogP contribution in [0.2, 0.25) is 5.15 Å². The second-order valence-electron chi connectivity index (χ2n) is 3.12. The third kappa shape index (κ3) is 1.73. The largest absolute Gasteiger partial charge is 0.709 e. The van der Waals surface area contributed by atoms with E-state index in [2.05, 4.69) is 10.3 Å². The predicted molar refractivity (Wildman–Crippen MR) is 53.3 cm³/mol. The van der Waals surface area contributed by atoms with E-state index in [0.29, 0.717) is 10.5 Å². The zero-order valence-electron chi connectivity index (χ0n) is 7.61. The lowest BCUT2D eigenvalue weighted by Crippen LogP contribution is -2.48. The molecule has 1 aliphatic rings. The Hall–Kier alpha value is -1.07. The topological polar surface area (TPSA) is 55.1 Å². The molecule has 0 amide bonds. The summed E-state index contributed by atoms with van der Waals surface area (Å²) in [6.45, 7) is 3.38. The number of halogens is 1. The Kier molecular flexibility index (Phi) is 2.69. The van der Waals surface area contributed by atoms with Crippen LogP contribution in [0.1, 0.15) is 0 Å². The van der Waals surface area contributed by atoms with Crippen molar-refractivity contribution in [2.45, 2.75) is 0 Å². The zero-order chi connectivity index (χ0) is 9.97. The van der Waals surface area contributed by atoms with E-state index in [4.69, 9.17) is 11.6 Å².